The van der Waals surface area contributed by atoms with Crippen molar-refractivity contribution >= 4 is 6.08 Å². The first-order valence-electron chi connectivity index (χ1n) is 7.02. The van der Waals surface area contributed by atoms with Gasteiger partial charge in [-0.15, -0.1) is 0 Å². The van der Waals surface area contributed by atoms with E-state index in [-0.39, 0.29) is 0 Å². The number of hydrogen-bond acceptors (Lipinski definition) is 2. The second kappa shape index (κ2) is 8.13. The van der Waals surface area contributed by atoms with E-state index >= 15 is 0 Å². The molecule has 0 atom stereocenters. The summed E-state index contributed by atoms with van der Waals surface area (Å²) in [5.41, 5.74) is 5.41. The zero-order valence-corrected chi connectivity index (χ0v) is 12.9. The third-order valence-corrected chi connectivity index (χ3v) is 3.33. The highest BCUT2D eigenvalue weighted by Crippen LogP contribution is 2.18. The smallest absolute Gasteiger partial charge is 0.0587 e. The quantitative estimate of drug-likeness (QED) is 0.758. The number of ether oxygens (including phenoxy) is 1. The monoisotopic (exact) mass is 261 g/mol. The SMILES string of the molecule is COCCNCC(=Cc1cc(C)ccc1C)C(C)C. The maximum Gasteiger partial charge on any atom is 0.0587 e. The molecule has 0 aromatic heterocycles. The lowest BCUT2D eigenvalue weighted by Crippen LogP contribution is -2.23. The molecule has 1 rings (SSSR count). The second-order valence-corrected chi connectivity index (χ2v) is 5.40. The molecule has 0 spiro atoms. The summed E-state index contributed by atoms with van der Waals surface area (Å²) in [7, 11) is 1.73. The number of hydrogen-bond donors (Lipinski definition) is 1. The van der Waals surface area contributed by atoms with Gasteiger partial charge in [-0.25, -0.2) is 0 Å². The maximum atomic E-state index is 5.06. The van der Waals surface area contributed by atoms with Crippen molar-refractivity contribution in [2.75, 3.05) is 26.8 Å². The molecule has 1 N–H and O–H groups in total. The van der Waals surface area contributed by atoms with Crippen molar-refractivity contribution in [3.05, 3.63) is 40.5 Å². The Hall–Kier alpha value is -1.12. The van der Waals surface area contributed by atoms with Crippen LogP contribution in [0.3, 0.4) is 0 Å². The van der Waals surface area contributed by atoms with Crippen LogP contribution in [-0.4, -0.2) is 26.8 Å². The van der Waals surface area contributed by atoms with Crippen molar-refractivity contribution in [3.63, 3.8) is 0 Å². The summed E-state index contributed by atoms with van der Waals surface area (Å²) < 4.78 is 5.06. The molecule has 0 aliphatic heterocycles. The predicted octanol–water partition coefficient (Wildman–Crippen LogP) is 3.58. The summed E-state index contributed by atoms with van der Waals surface area (Å²) in [6.45, 7) is 11.4. The van der Waals surface area contributed by atoms with Crippen molar-refractivity contribution in [3.8, 4) is 0 Å². The van der Waals surface area contributed by atoms with Gasteiger partial charge >= 0.3 is 0 Å². The lowest BCUT2D eigenvalue weighted by atomic mass is 9.97. The second-order valence-electron chi connectivity index (χ2n) is 5.40. The summed E-state index contributed by atoms with van der Waals surface area (Å²) in [6.07, 6.45) is 2.33. The van der Waals surface area contributed by atoms with Crippen molar-refractivity contribution in [1.29, 1.82) is 0 Å². The minimum absolute atomic E-state index is 0.551. The molecular weight excluding hydrogens is 234 g/mol. The zero-order valence-electron chi connectivity index (χ0n) is 12.9. The van der Waals surface area contributed by atoms with E-state index < -0.39 is 0 Å². The molecule has 0 radical (unpaired) electrons. The highest BCUT2D eigenvalue weighted by Gasteiger charge is 2.05. The van der Waals surface area contributed by atoms with E-state index in [4.69, 9.17) is 4.74 Å². The van der Waals surface area contributed by atoms with Gasteiger partial charge in [0.1, 0.15) is 0 Å². The van der Waals surface area contributed by atoms with Gasteiger partial charge < -0.3 is 10.1 Å². The third-order valence-electron chi connectivity index (χ3n) is 3.33. The van der Waals surface area contributed by atoms with Gasteiger partial charge in [-0.1, -0.05) is 49.3 Å². The highest BCUT2D eigenvalue weighted by molar-refractivity contribution is 5.58. The fourth-order valence-corrected chi connectivity index (χ4v) is 1.94. The molecule has 1 aromatic carbocycles. The molecule has 0 aliphatic carbocycles. The molecule has 106 valence electrons. The molecule has 0 bridgehead atoms. The minimum atomic E-state index is 0.551. The molecule has 1 aromatic rings. The Bertz CT molecular complexity index is 421. The lowest BCUT2D eigenvalue weighted by molar-refractivity contribution is 0.200. The predicted molar refractivity (Wildman–Crippen MR) is 83.5 cm³/mol. The van der Waals surface area contributed by atoms with Crippen LogP contribution in [0.4, 0.5) is 0 Å². The Kier molecular flexibility index (Phi) is 6.82. The van der Waals surface area contributed by atoms with Crippen molar-refractivity contribution in [1.82, 2.24) is 5.32 Å². The number of rotatable bonds is 7. The van der Waals surface area contributed by atoms with Crippen molar-refractivity contribution in [2.24, 2.45) is 5.92 Å². The van der Waals surface area contributed by atoms with Gasteiger partial charge in [0, 0.05) is 20.2 Å². The van der Waals surface area contributed by atoms with E-state index in [2.05, 4.69) is 57.3 Å². The Labute approximate surface area is 117 Å². The fourth-order valence-electron chi connectivity index (χ4n) is 1.94. The van der Waals surface area contributed by atoms with Gasteiger partial charge in [0.15, 0.2) is 0 Å². The third kappa shape index (κ3) is 5.58. The Morgan fingerprint density at radius 3 is 2.68 bits per heavy atom. The largest absolute Gasteiger partial charge is 0.383 e. The van der Waals surface area contributed by atoms with Crippen LogP contribution in [0.25, 0.3) is 6.08 Å². The molecule has 2 nitrogen and oxygen atoms in total. The first-order chi connectivity index (χ1) is 9.04. The summed E-state index contributed by atoms with van der Waals surface area (Å²) in [5, 5.41) is 3.43. The molecule has 0 heterocycles. The number of methoxy groups -OCH3 is 1. The minimum Gasteiger partial charge on any atom is -0.383 e. The average Bonchev–Trinajstić information content (AvgIpc) is 2.37. The van der Waals surface area contributed by atoms with Crippen LogP contribution in [0, 0.1) is 19.8 Å². The first-order valence-corrected chi connectivity index (χ1v) is 7.02. The van der Waals surface area contributed by atoms with Gasteiger partial charge in [-0.2, -0.15) is 0 Å². The average molecular weight is 261 g/mol. The number of benzene rings is 1. The van der Waals surface area contributed by atoms with Crippen molar-refractivity contribution < 1.29 is 4.74 Å². The van der Waals surface area contributed by atoms with Crippen LogP contribution < -0.4 is 5.32 Å². The lowest BCUT2D eigenvalue weighted by Gasteiger charge is -2.14. The standard InChI is InChI=1S/C17H27NO/c1-13(2)17(12-18-8-9-19-5)11-16-10-14(3)6-7-15(16)4/h6-7,10-11,13,18H,8-9,12H2,1-5H3. The van der Waals surface area contributed by atoms with Gasteiger partial charge in [-0.05, 0) is 30.9 Å². The normalized spacial score (nSPS) is 12.2. The Balaban J connectivity index is 2.79. The van der Waals surface area contributed by atoms with E-state index in [0.717, 1.165) is 19.7 Å². The highest BCUT2D eigenvalue weighted by atomic mass is 16.5. The molecule has 0 unspecified atom stereocenters. The van der Waals surface area contributed by atoms with E-state index in [0.29, 0.717) is 5.92 Å². The topological polar surface area (TPSA) is 21.3 Å². The van der Waals surface area contributed by atoms with Crippen LogP contribution in [0.5, 0.6) is 0 Å². The van der Waals surface area contributed by atoms with Crippen LogP contribution >= 0.6 is 0 Å². The number of nitrogens with one attached hydrogen (secondary N) is 1. The van der Waals surface area contributed by atoms with Crippen LogP contribution in [0.15, 0.2) is 23.8 Å². The van der Waals surface area contributed by atoms with Gasteiger partial charge in [-0.3, -0.25) is 0 Å². The van der Waals surface area contributed by atoms with E-state index in [1.54, 1.807) is 7.11 Å². The zero-order chi connectivity index (χ0) is 14.3. The number of aryl methyl sites for hydroxylation is 2. The van der Waals surface area contributed by atoms with Crippen molar-refractivity contribution in [2.45, 2.75) is 27.7 Å². The van der Waals surface area contributed by atoms with E-state index in [9.17, 15) is 0 Å². The van der Waals surface area contributed by atoms with Gasteiger partial charge in [0.25, 0.3) is 0 Å². The summed E-state index contributed by atoms with van der Waals surface area (Å²) >= 11 is 0. The van der Waals surface area contributed by atoms with E-state index in [1.165, 1.54) is 22.3 Å². The molecule has 0 aliphatic rings. The summed E-state index contributed by atoms with van der Waals surface area (Å²) in [5.74, 6) is 0.551. The molecular formula is C17H27NO. The molecule has 0 fully saturated rings. The summed E-state index contributed by atoms with van der Waals surface area (Å²) in [6, 6.07) is 6.61. The first kappa shape index (κ1) is 15.9. The van der Waals surface area contributed by atoms with Gasteiger partial charge in [0.05, 0.1) is 6.61 Å². The molecule has 0 saturated carbocycles. The molecule has 19 heavy (non-hydrogen) atoms. The Morgan fingerprint density at radius 2 is 2.05 bits per heavy atom. The van der Waals surface area contributed by atoms with E-state index in [1.807, 2.05) is 0 Å². The Morgan fingerprint density at radius 1 is 1.32 bits per heavy atom. The van der Waals surface area contributed by atoms with Crippen LogP contribution in [0.2, 0.25) is 0 Å². The molecule has 0 saturated heterocycles. The molecule has 2 heteroatoms. The fraction of sp³-hybridized carbons (Fsp3) is 0.529. The van der Waals surface area contributed by atoms with Crippen LogP contribution in [-0.2, 0) is 4.74 Å². The molecule has 0 amide bonds. The summed E-state index contributed by atoms with van der Waals surface area (Å²) in [4.78, 5) is 0. The van der Waals surface area contributed by atoms with Gasteiger partial charge in [0.2, 0.25) is 0 Å². The van der Waals surface area contributed by atoms with Crippen LogP contribution in [0.1, 0.15) is 30.5 Å². The maximum absolute atomic E-state index is 5.06.